The van der Waals surface area contributed by atoms with Crippen molar-refractivity contribution in [1.82, 2.24) is 4.90 Å². The van der Waals surface area contributed by atoms with Crippen molar-refractivity contribution in [2.45, 2.75) is 52.5 Å². The summed E-state index contributed by atoms with van der Waals surface area (Å²) >= 11 is 5.64. The van der Waals surface area contributed by atoms with Crippen LogP contribution < -0.4 is 10.2 Å². The maximum absolute atomic E-state index is 5.64. The van der Waals surface area contributed by atoms with Gasteiger partial charge in [-0.3, -0.25) is 0 Å². The Bertz CT molecular complexity index is 521. The molecule has 1 unspecified atom stereocenters. The molecule has 128 valence electrons. The molecule has 0 aliphatic carbocycles. The zero-order valence-electron chi connectivity index (χ0n) is 15.1. The Morgan fingerprint density at radius 3 is 2.65 bits per heavy atom. The molecule has 0 aromatic heterocycles. The van der Waals surface area contributed by atoms with E-state index in [4.69, 9.17) is 12.2 Å². The van der Waals surface area contributed by atoms with Gasteiger partial charge in [-0.2, -0.15) is 0 Å². The Labute approximate surface area is 147 Å². The standard InChI is InChI=1S/C19H31N3S/c1-5-6-12-21(4)17-10-13-22(14-11-17)19(23)20-18-9-7-8-15(2)16(18)3/h7-9,17H,5-6,10-14H2,1-4H3,(H,20,23)/p+1. The van der Waals surface area contributed by atoms with Gasteiger partial charge in [-0.25, -0.2) is 0 Å². The highest BCUT2D eigenvalue weighted by Gasteiger charge is 2.26. The van der Waals surface area contributed by atoms with E-state index in [1.165, 1.54) is 43.4 Å². The molecule has 2 rings (SSSR count). The van der Waals surface area contributed by atoms with Gasteiger partial charge in [0, 0.05) is 31.6 Å². The largest absolute Gasteiger partial charge is 0.349 e. The molecule has 1 heterocycles. The Kier molecular flexibility index (Phi) is 6.85. The highest BCUT2D eigenvalue weighted by molar-refractivity contribution is 7.80. The van der Waals surface area contributed by atoms with Crippen LogP contribution in [-0.4, -0.2) is 42.7 Å². The summed E-state index contributed by atoms with van der Waals surface area (Å²) in [6, 6.07) is 7.14. The van der Waals surface area contributed by atoms with Crippen LogP contribution in [0.3, 0.4) is 0 Å². The molecule has 2 N–H and O–H groups in total. The zero-order chi connectivity index (χ0) is 16.8. The number of aryl methyl sites for hydroxylation is 1. The molecule has 0 saturated carbocycles. The first-order valence-corrected chi connectivity index (χ1v) is 9.38. The number of thiocarbonyl (C=S) groups is 1. The van der Waals surface area contributed by atoms with E-state index in [0.717, 1.165) is 29.9 Å². The predicted octanol–water partition coefficient (Wildman–Crippen LogP) is 2.78. The number of hydrogen-bond acceptors (Lipinski definition) is 1. The summed E-state index contributed by atoms with van der Waals surface area (Å²) in [5.41, 5.74) is 3.73. The van der Waals surface area contributed by atoms with Crippen LogP contribution in [0.1, 0.15) is 43.7 Å². The number of quaternary nitrogens is 1. The molecular weight excluding hydrogens is 302 g/mol. The molecule has 3 nitrogen and oxygen atoms in total. The van der Waals surface area contributed by atoms with Crippen LogP contribution >= 0.6 is 12.2 Å². The summed E-state index contributed by atoms with van der Waals surface area (Å²) < 4.78 is 0. The molecule has 0 bridgehead atoms. The fourth-order valence-corrected chi connectivity index (χ4v) is 3.61. The lowest BCUT2D eigenvalue weighted by Crippen LogP contribution is -3.13. The highest BCUT2D eigenvalue weighted by Crippen LogP contribution is 2.19. The Morgan fingerprint density at radius 1 is 1.30 bits per heavy atom. The minimum atomic E-state index is 0.793. The number of piperidine rings is 1. The van der Waals surface area contributed by atoms with E-state index < -0.39 is 0 Å². The van der Waals surface area contributed by atoms with Crippen molar-refractivity contribution < 1.29 is 4.90 Å². The predicted molar refractivity (Wildman–Crippen MR) is 103 cm³/mol. The van der Waals surface area contributed by atoms with E-state index in [9.17, 15) is 0 Å². The summed E-state index contributed by atoms with van der Waals surface area (Å²) in [7, 11) is 2.35. The first-order valence-electron chi connectivity index (χ1n) is 8.97. The first-order chi connectivity index (χ1) is 11.0. The van der Waals surface area contributed by atoms with Crippen LogP contribution in [0.25, 0.3) is 0 Å². The quantitative estimate of drug-likeness (QED) is 0.808. The summed E-state index contributed by atoms with van der Waals surface area (Å²) in [6.07, 6.45) is 5.10. The van der Waals surface area contributed by atoms with Crippen molar-refractivity contribution in [3.63, 3.8) is 0 Å². The summed E-state index contributed by atoms with van der Waals surface area (Å²) in [5.74, 6) is 0. The molecule has 1 aliphatic rings. The molecule has 1 fully saturated rings. The van der Waals surface area contributed by atoms with Gasteiger partial charge >= 0.3 is 0 Å². The van der Waals surface area contributed by atoms with Gasteiger partial charge in [0.25, 0.3) is 0 Å². The second-order valence-electron chi connectivity index (χ2n) is 6.89. The smallest absolute Gasteiger partial charge is 0.173 e. The molecule has 0 radical (unpaired) electrons. The topological polar surface area (TPSA) is 19.7 Å². The van der Waals surface area contributed by atoms with Crippen molar-refractivity contribution in [2.24, 2.45) is 0 Å². The Morgan fingerprint density at radius 2 is 2.00 bits per heavy atom. The van der Waals surface area contributed by atoms with Crippen LogP contribution in [0.4, 0.5) is 5.69 Å². The lowest BCUT2D eigenvalue weighted by Gasteiger charge is -2.36. The molecule has 0 spiro atoms. The van der Waals surface area contributed by atoms with E-state index in [1.807, 2.05) is 0 Å². The monoisotopic (exact) mass is 334 g/mol. The van der Waals surface area contributed by atoms with Crippen LogP contribution in [0.5, 0.6) is 0 Å². The molecule has 1 aromatic carbocycles. The van der Waals surface area contributed by atoms with Crippen LogP contribution in [-0.2, 0) is 0 Å². The van der Waals surface area contributed by atoms with Crippen molar-refractivity contribution in [1.29, 1.82) is 0 Å². The number of benzene rings is 1. The van der Waals surface area contributed by atoms with Gasteiger partial charge in [-0.1, -0.05) is 25.5 Å². The fourth-order valence-electron chi connectivity index (χ4n) is 3.32. The third kappa shape index (κ3) is 4.92. The maximum atomic E-state index is 5.64. The van der Waals surface area contributed by atoms with Crippen LogP contribution in [0.15, 0.2) is 18.2 Å². The average molecular weight is 335 g/mol. The first kappa shape index (κ1) is 18.2. The van der Waals surface area contributed by atoms with E-state index in [-0.39, 0.29) is 0 Å². The number of anilines is 1. The van der Waals surface area contributed by atoms with Crippen LogP contribution in [0, 0.1) is 13.8 Å². The van der Waals surface area contributed by atoms with Gasteiger partial charge in [-0.15, -0.1) is 0 Å². The lowest BCUT2D eigenvalue weighted by atomic mass is 10.0. The second-order valence-corrected chi connectivity index (χ2v) is 7.28. The number of hydrogen-bond donors (Lipinski definition) is 2. The number of rotatable bonds is 5. The van der Waals surface area contributed by atoms with Gasteiger partial charge in [0.05, 0.1) is 19.6 Å². The second kappa shape index (κ2) is 8.65. The minimum Gasteiger partial charge on any atom is -0.349 e. The molecule has 1 atom stereocenters. The van der Waals surface area contributed by atoms with E-state index in [1.54, 1.807) is 4.90 Å². The Hall–Kier alpha value is -1.13. The normalized spacial score (nSPS) is 17.1. The van der Waals surface area contributed by atoms with E-state index in [2.05, 4.69) is 56.2 Å². The van der Waals surface area contributed by atoms with Gasteiger partial charge < -0.3 is 15.1 Å². The van der Waals surface area contributed by atoms with E-state index in [0.29, 0.717) is 0 Å². The summed E-state index contributed by atoms with van der Waals surface area (Å²) in [4.78, 5) is 4.03. The summed E-state index contributed by atoms with van der Waals surface area (Å²) in [6.45, 7) is 10.0. The third-order valence-corrected chi connectivity index (χ3v) is 5.61. The third-order valence-electron chi connectivity index (χ3n) is 5.25. The SMILES string of the molecule is CCCC[NH+](C)C1CCN(C(=S)Nc2cccc(C)c2C)CC1. The van der Waals surface area contributed by atoms with Crippen molar-refractivity contribution in [3.05, 3.63) is 29.3 Å². The molecule has 1 aliphatic heterocycles. The molecular formula is C19H32N3S+. The van der Waals surface area contributed by atoms with Crippen molar-refractivity contribution in [3.8, 4) is 0 Å². The summed E-state index contributed by atoms with van der Waals surface area (Å²) in [5, 5.41) is 4.33. The van der Waals surface area contributed by atoms with Gasteiger partial charge in [-0.05, 0) is 49.7 Å². The number of nitrogens with zero attached hydrogens (tertiary/aromatic N) is 1. The van der Waals surface area contributed by atoms with Crippen LogP contribution in [0.2, 0.25) is 0 Å². The molecule has 0 amide bonds. The molecule has 4 heteroatoms. The number of likely N-dealkylation sites (tertiary alicyclic amines) is 1. The average Bonchev–Trinajstić information content (AvgIpc) is 2.57. The molecule has 1 aromatic rings. The fraction of sp³-hybridized carbons (Fsp3) is 0.632. The zero-order valence-corrected chi connectivity index (χ0v) is 15.9. The minimum absolute atomic E-state index is 0.793. The molecule has 23 heavy (non-hydrogen) atoms. The number of unbranched alkanes of at least 4 members (excludes halogenated alkanes) is 1. The van der Waals surface area contributed by atoms with E-state index >= 15 is 0 Å². The van der Waals surface area contributed by atoms with Gasteiger partial charge in [0.1, 0.15) is 0 Å². The van der Waals surface area contributed by atoms with Crippen molar-refractivity contribution >= 4 is 23.0 Å². The number of nitrogens with one attached hydrogen (secondary N) is 2. The Balaban J connectivity index is 1.85. The van der Waals surface area contributed by atoms with Gasteiger partial charge in [0.15, 0.2) is 5.11 Å². The van der Waals surface area contributed by atoms with Gasteiger partial charge in [0.2, 0.25) is 0 Å². The van der Waals surface area contributed by atoms with Crippen molar-refractivity contribution in [2.75, 3.05) is 32.0 Å². The highest BCUT2D eigenvalue weighted by atomic mass is 32.1. The maximum Gasteiger partial charge on any atom is 0.173 e. The molecule has 1 saturated heterocycles. The lowest BCUT2D eigenvalue weighted by molar-refractivity contribution is -0.907.